The molecule has 0 aromatic heterocycles. The summed E-state index contributed by atoms with van der Waals surface area (Å²) >= 11 is 0. The standard InChI is InChI=1S/C19H25NO2/c1-15-12-20(13-16-6-4-3-5-7-16)17-8-9-19(14-18(15,17)2)21-10-11-22-19/h3-7,17H,1,8-14H2,2H3/t17-,18+/m0/s1. The Labute approximate surface area is 132 Å². The Kier molecular flexibility index (Phi) is 3.40. The summed E-state index contributed by atoms with van der Waals surface area (Å²) in [6.07, 6.45) is 3.09. The fourth-order valence-electron chi connectivity index (χ4n) is 4.65. The largest absolute Gasteiger partial charge is 0.348 e. The maximum absolute atomic E-state index is 5.97. The SMILES string of the molecule is C=C1CN(Cc2ccccc2)[C@H]2CCC3(C[C@]12C)OCCO3. The molecule has 3 nitrogen and oxygen atoms in total. The summed E-state index contributed by atoms with van der Waals surface area (Å²) in [6.45, 7) is 10.2. The summed E-state index contributed by atoms with van der Waals surface area (Å²) in [5, 5.41) is 0. The van der Waals surface area contributed by atoms with Gasteiger partial charge in [-0.25, -0.2) is 0 Å². The van der Waals surface area contributed by atoms with E-state index >= 15 is 0 Å². The lowest BCUT2D eigenvalue weighted by Gasteiger charge is -2.46. The molecule has 1 aliphatic carbocycles. The molecule has 0 bridgehead atoms. The molecular weight excluding hydrogens is 274 g/mol. The van der Waals surface area contributed by atoms with Crippen molar-refractivity contribution in [1.82, 2.24) is 4.90 Å². The topological polar surface area (TPSA) is 21.7 Å². The van der Waals surface area contributed by atoms with Crippen molar-refractivity contribution in [2.75, 3.05) is 19.8 Å². The van der Waals surface area contributed by atoms with Crippen molar-refractivity contribution in [3.63, 3.8) is 0 Å². The highest BCUT2D eigenvalue weighted by molar-refractivity contribution is 5.26. The average Bonchev–Trinajstić information content (AvgIpc) is 3.04. The van der Waals surface area contributed by atoms with E-state index in [4.69, 9.17) is 9.47 Å². The van der Waals surface area contributed by atoms with Crippen LogP contribution in [0.5, 0.6) is 0 Å². The first-order chi connectivity index (χ1) is 10.6. The predicted octanol–water partition coefficient (Wildman–Crippen LogP) is 3.36. The van der Waals surface area contributed by atoms with Crippen LogP contribution in [0.15, 0.2) is 42.5 Å². The van der Waals surface area contributed by atoms with Gasteiger partial charge >= 0.3 is 0 Å². The van der Waals surface area contributed by atoms with Crippen LogP contribution < -0.4 is 0 Å². The lowest BCUT2D eigenvalue weighted by molar-refractivity contribution is -0.202. The van der Waals surface area contributed by atoms with Gasteiger partial charge < -0.3 is 9.47 Å². The van der Waals surface area contributed by atoms with E-state index in [0.29, 0.717) is 6.04 Å². The van der Waals surface area contributed by atoms with Gasteiger partial charge in [0.2, 0.25) is 0 Å². The molecule has 1 saturated carbocycles. The van der Waals surface area contributed by atoms with Crippen LogP contribution in [-0.2, 0) is 16.0 Å². The normalized spacial score (nSPS) is 34.2. The molecule has 0 radical (unpaired) electrons. The zero-order valence-corrected chi connectivity index (χ0v) is 13.4. The highest BCUT2D eigenvalue weighted by atomic mass is 16.7. The first-order valence-corrected chi connectivity index (χ1v) is 8.36. The van der Waals surface area contributed by atoms with Crippen molar-refractivity contribution in [3.8, 4) is 0 Å². The lowest BCUT2D eigenvalue weighted by Crippen LogP contribution is -2.50. The van der Waals surface area contributed by atoms with Crippen molar-refractivity contribution in [1.29, 1.82) is 0 Å². The number of ether oxygens (including phenoxy) is 2. The summed E-state index contributed by atoms with van der Waals surface area (Å²) in [5.41, 5.74) is 2.83. The number of hydrogen-bond acceptors (Lipinski definition) is 3. The van der Waals surface area contributed by atoms with E-state index in [1.54, 1.807) is 0 Å². The zero-order chi connectivity index (χ0) is 15.2. The van der Waals surface area contributed by atoms with Gasteiger partial charge in [-0.1, -0.05) is 49.4 Å². The van der Waals surface area contributed by atoms with Crippen molar-refractivity contribution in [2.24, 2.45) is 5.41 Å². The number of likely N-dealkylation sites (tertiary alicyclic amines) is 1. The molecule has 1 spiro atoms. The monoisotopic (exact) mass is 299 g/mol. The fraction of sp³-hybridized carbons (Fsp3) is 0.579. The smallest absolute Gasteiger partial charge is 0.169 e. The highest BCUT2D eigenvalue weighted by Crippen LogP contribution is 2.54. The summed E-state index contributed by atoms with van der Waals surface area (Å²) in [7, 11) is 0. The second-order valence-electron chi connectivity index (χ2n) is 7.25. The molecule has 118 valence electrons. The molecule has 3 fully saturated rings. The molecule has 3 heteroatoms. The molecule has 22 heavy (non-hydrogen) atoms. The average molecular weight is 299 g/mol. The molecule has 4 rings (SSSR count). The van der Waals surface area contributed by atoms with Gasteiger partial charge in [-0.3, -0.25) is 4.90 Å². The number of hydrogen-bond donors (Lipinski definition) is 0. The van der Waals surface area contributed by atoms with Crippen LogP contribution in [0.2, 0.25) is 0 Å². The van der Waals surface area contributed by atoms with Crippen LogP contribution in [0.1, 0.15) is 31.7 Å². The van der Waals surface area contributed by atoms with Gasteiger partial charge in [0.05, 0.1) is 13.2 Å². The minimum atomic E-state index is -0.336. The third-order valence-electron chi connectivity index (χ3n) is 5.86. The van der Waals surface area contributed by atoms with Crippen molar-refractivity contribution >= 4 is 0 Å². The van der Waals surface area contributed by atoms with Gasteiger partial charge in [-0.15, -0.1) is 0 Å². The van der Waals surface area contributed by atoms with Gasteiger partial charge in [-0.2, -0.15) is 0 Å². The summed E-state index contributed by atoms with van der Waals surface area (Å²) < 4.78 is 11.9. The Bertz CT molecular complexity index is 564. The molecule has 0 amide bonds. The van der Waals surface area contributed by atoms with Crippen LogP contribution >= 0.6 is 0 Å². The van der Waals surface area contributed by atoms with Crippen molar-refractivity contribution in [3.05, 3.63) is 48.0 Å². The minimum absolute atomic E-state index is 0.109. The third kappa shape index (κ3) is 2.23. The van der Waals surface area contributed by atoms with Gasteiger partial charge in [0, 0.05) is 37.4 Å². The van der Waals surface area contributed by atoms with E-state index in [-0.39, 0.29) is 11.2 Å². The molecule has 0 N–H and O–H groups in total. The molecular formula is C19H25NO2. The Hall–Kier alpha value is -1.16. The molecule has 1 aromatic carbocycles. The molecule has 2 saturated heterocycles. The van der Waals surface area contributed by atoms with E-state index < -0.39 is 0 Å². The number of fused-ring (bicyclic) bond motifs is 1. The van der Waals surface area contributed by atoms with Crippen LogP contribution in [0, 0.1) is 5.41 Å². The van der Waals surface area contributed by atoms with Gasteiger partial charge in [0.15, 0.2) is 5.79 Å². The molecule has 2 aliphatic heterocycles. The Balaban J connectivity index is 1.55. The quantitative estimate of drug-likeness (QED) is 0.782. The van der Waals surface area contributed by atoms with E-state index in [1.165, 1.54) is 11.1 Å². The number of rotatable bonds is 2. The maximum atomic E-state index is 5.97. The minimum Gasteiger partial charge on any atom is -0.348 e. The highest BCUT2D eigenvalue weighted by Gasteiger charge is 2.56. The van der Waals surface area contributed by atoms with Gasteiger partial charge in [0.25, 0.3) is 0 Å². The Morgan fingerprint density at radius 1 is 1.23 bits per heavy atom. The first-order valence-electron chi connectivity index (χ1n) is 8.36. The number of nitrogens with zero attached hydrogens (tertiary/aromatic N) is 1. The van der Waals surface area contributed by atoms with Crippen LogP contribution in [0.3, 0.4) is 0 Å². The molecule has 2 atom stereocenters. The van der Waals surface area contributed by atoms with E-state index in [2.05, 4.69) is 48.7 Å². The van der Waals surface area contributed by atoms with E-state index in [1.807, 2.05) is 0 Å². The van der Waals surface area contributed by atoms with Crippen LogP contribution in [0.25, 0.3) is 0 Å². The molecule has 2 heterocycles. The third-order valence-corrected chi connectivity index (χ3v) is 5.86. The summed E-state index contributed by atoms with van der Waals surface area (Å²) in [4.78, 5) is 2.60. The van der Waals surface area contributed by atoms with Gasteiger partial charge in [0.1, 0.15) is 0 Å². The molecule has 3 aliphatic rings. The fourth-order valence-corrected chi connectivity index (χ4v) is 4.65. The van der Waals surface area contributed by atoms with Crippen LogP contribution in [0.4, 0.5) is 0 Å². The summed E-state index contributed by atoms with van der Waals surface area (Å²) in [5.74, 6) is -0.336. The zero-order valence-electron chi connectivity index (χ0n) is 13.4. The predicted molar refractivity (Wildman–Crippen MR) is 86.4 cm³/mol. The van der Waals surface area contributed by atoms with Crippen molar-refractivity contribution in [2.45, 2.75) is 44.6 Å². The Morgan fingerprint density at radius 2 is 1.95 bits per heavy atom. The second-order valence-corrected chi connectivity index (χ2v) is 7.25. The molecule has 0 unspecified atom stereocenters. The first kappa shape index (κ1) is 14.4. The Morgan fingerprint density at radius 3 is 2.68 bits per heavy atom. The lowest BCUT2D eigenvalue weighted by atomic mass is 9.67. The second kappa shape index (κ2) is 5.19. The van der Waals surface area contributed by atoms with E-state index in [9.17, 15) is 0 Å². The van der Waals surface area contributed by atoms with Gasteiger partial charge in [-0.05, 0) is 12.0 Å². The summed E-state index contributed by atoms with van der Waals surface area (Å²) in [6, 6.07) is 11.3. The van der Waals surface area contributed by atoms with Crippen LogP contribution in [-0.4, -0.2) is 36.5 Å². The number of benzene rings is 1. The van der Waals surface area contributed by atoms with Crippen molar-refractivity contribution < 1.29 is 9.47 Å². The van der Waals surface area contributed by atoms with E-state index in [0.717, 1.165) is 45.6 Å². The maximum Gasteiger partial charge on any atom is 0.169 e. The molecule has 1 aromatic rings.